The third kappa shape index (κ3) is 12.6. The van der Waals surface area contributed by atoms with Crippen LogP contribution in [0.4, 0.5) is 0 Å². The number of unbranched alkanes of at least 4 members (excludes halogenated alkanes) is 4. The van der Waals surface area contributed by atoms with Gasteiger partial charge in [-0.1, -0.05) is 99.0 Å². The molecule has 0 saturated carbocycles. The van der Waals surface area contributed by atoms with Crippen LogP contribution >= 0.6 is 0 Å². The Morgan fingerprint density at radius 3 is 1.77 bits per heavy atom. The molecule has 176 valence electrons. The molecule has 0 spiro atoms. The van der Waals surface area contributed by atoms with Gasteiger partial charge in [-0.25, -0.2) is 4.79 Å². The predicted molar refractivity (Wildman–Crippen MR) is 129 cm³/mol. The average Bonchev–Trinajstić information content (AvgIpc) is 2.74. The minimum absolute atomic E-state index is 0.0666. The fourth-order valence-corrected chi connectivity index (χ4v) is 8.29. The number of esters is 1. The Morgan fingerprint density at radius 2 is 1.33 bits per heavy atom. The minimum atomic E-state index is -2.15. The fraction of sp³-hybridized carbons (Fsp3) is 0.840. The molecule has 0 aliphatic carbocycles. The molecule has 0 N–H and O–H groups in total. The van der Waals surface area contributed by atoms with E-state index in [-0.39, 0.29) is 23.9 Å². The normalized spacial score (nSPS) is 12.4. The van der Waals surface area contributed by atoms with E-state index in [1.54, 1.807) is 0 Å². The van der Waals surface area contributed by atoms with E-state index in [1.165, 1.54) is 0 Å². The Hall–Kier alpha value is -1.10. The highest BCUT2D eigenvalue weighted by molar-refractivity contribution is 6.75. The second-order valence-electron chi connectivity index (χ2n) is 8.76. The lowest BCUT2D eigenvalue weighted by atomic mass is 10.0. The average molecular weight is 441 g/mol. The van der Waals surface area contributed by atoms with Crippen LogP contribution in [0.25, 0.3) is 0 Å². The summed E-state index contributed by atoms with van der Waals surface area (Å²) in [5, 5.41) is 0. The summed E-state index contributed by atoms with van der Waals surface area (Å²) in [7, 11) is -2.15. The second-order valence-corrected chi connectivity index (χ2v) is 12.8. The number of rotatable bonds is 19. The first-order valence-corrected chi connectivity index (χ1v) is 15.0. The number of ether oxygens (including phenoxy) is 1. The van der Waals surface area contributed by atoms with Crippen LogP contribution in [0, 0.1) is 5.92 Å². The van der Waals surface area contributed by atoms with E-state index in [0.29, 0.717) is 12.5 Å². The molecular weight excluding hydrogens is 392 g/mol. The molecule has 0 radical (unpaired) electrons. The van der Waals surface area contributed by atoms with Crippen molar-refractivity contribution in [1.29, 1.82) is 0 Å². The van der Waals surface area contributed by atoms with Gasteiger partial charge in [0.05, 0.1) is 13.0 Å². The van der Waals surface area contributed by atoms with E-state index in [9.17, 15) is 9.59 Å². The number of carbonyl (C=O) groups is 2. The van der Waals surface area contributed by atoms with Crippen molar-refractivity contribution in [2.24, 2.45) is 5.92 Å². The molecule has 0 amide bonds. The first-order valence-electron chi connectivity index (χ1n) is 12.4. The quantitative estimate of drug-likeness (QED) is 0.118. The van der Waals surface area contributed by atoms with Gasteiger partial charge in [-0.2, -0.15) is 0 Å². The first-order chi connectivity index (χ1) is 14.4. The summed E-state index contributed by atoms with van der Waals surface area (Å²) in [6.07, 6.45) is 10.9. The molecule has 1 atom stereocenters. The highest BCUT2D eigenvalue weighted by atomic mass is 28.4. The van der Waals surface area contributed by atoms with E-state index in [2.05, 4.69) is 41.2 Å². The Labute approximate surface area is 187 Å². The van der Waals surface area contributed by atoms with Crippen LogP contribution in [0.2, 0.25) is 18.1 Å². The van der Waals surface area contributed by atoms with Gasteiger partial charge in [-0.05, 0) is 30.5 Å². The van der Waals surface area contributed by atoms with Gasteiger partial charge < -0.3 is 9.16 Å². The minimum Gasteiger partial charge on any atom is -0.516 e. The maximum atomic E-state index is 12.8. The molecule has 4 nitrogen and oxygen atoms in total. The molecule has 0 fully saturated rings. The van der Waals surface area contributed by atoms with Gasteiger partial charge in [-0.15, -0.1) is 0 Å². The van der Waals surface area contributed by atoms with Crippen LogP contribution in [-0.4, -0.2) is 26.9 Å². The van der Waals surface area contributed by atoms with Crippen LogP contribution < -0.4 is 0 Å². The van der Waals surface area contributed by atoms with Crippen LogP contribution in [0.1, 0.15) is 105 Å². The molecule has 0 bridgehead atoms. The molecular formula is C25H48O4Si. The largest absolute Gasteiger partial charge is 0.516 e. The second kappa shape index (κ2) is 17.6. The zero-order valence-corrected chi connectivity index (χ0v) is 21.5. The van der Waals surface area contributed by atoms with Gasteiger partial charge in [0, 0.05) is 5.57 Å². The predicted octanol–water partition coefficient (Wildman–Crippen LogP) is 7.58. The Kier molecular flexibility index (Phi) is 16.9. The van der Waals surface area contributed by atoms with Crippen LogP contribution in [0.3, 0.4) is 0 Å². The molecule has 0 aromatic rings. The summed E-state index contributed by atoms with van der Waals surface area (Å²) in [4.78, 5) is 25.1. The van der Waals surface area contributed by atoms with Gasteiger partial charge >= 0.3 is 11.9 Å². The highest BCUT2D eigenvalue weighted by Gasteiger charge is 2.37. The summed E-state index contributed by atoms with van der Waals surface area (Å²) in [6.45, 7) is 15.1. The van der Waals surface area contributed by atoms with E-state index >= 15 is 0 Å². The van der Waals surface area contributed by atoms with Gasteiger partial charge in [0.15, 0.2) is 0 Å². The smallest absolute Gasteiger partial charge is 0.320 e. The van der Waals surface area contributed by atoms with Crippen molar-refractivity contribution in [2.45, 2.75) is 123 Å². The zero-order chi connectivity index (χ0) is 22.8. The molecule has 1 unspecified atom stereocenters. The van der Waals surface area contributed by atoms with E-state index in [1.807, 2.05) is 0 Å². The standard InChI is InChI=1S/C25H48O4Si/c1-7-12-16-23(11-5)21-28-24(26)20-22(6)25(27)29-30(17-13-8-2,18-14-9-3)19-15-10-4/h23H,6-21H2,1-5H3. The highest BCUT2D eigenvalue weighted by Crippen LogP contribution is 2.30. The van der Waals surface area contributed by atoms with Crippen LogP contribution in [-0.2, 0) is 18.8 Å². The molecule has 0 aromatic carbocycles. The first kappa shape index (κ1) is 28.9. The van der Waals surface area contributed by atoms with E-state index in [0.717, 1.165) is 82.3 Å². The van der Waals surface area contributed by atoms with E-state index < -0.39 is 8.32 Å². The summed E-state index contributed by atoms with van der Waals surface area (Å²) in [6, 6.07) is 3.05. The summed E-state index contributed by atoms with van der Waals surface area (Å²) in [5.74, 6) is -0.346. The SMILES string of the molecule is C=C(CC(=O)OCC(CC)CCCC)C(=O)O[Si](CCCC)(CCCC)CCCC. The van der Waals surface area contributed by atoms with Crippen molar-refractivity contribution in [3.8, 4) is 0 Å². The topological polar surface area (TPSA) is 52.6 Å². The van der Waals surface area contributed by atoms with Crippen molar-refractivity contribution in [3.05, 3.63) is 12.2 Å². The Bertz CT molecular complexity index is 468. The summed E-state index contributed by atoms with van der Waals surface area (Å²) in [5.41, 5.74) is 0.239. The third-order valence-electron chi connectivity index (χ3n) is 5.94. The maximum absolute atomic E-state index is 12.8. The molecule has 0 aromatic heterocycles. The lowest BCUT2D eigenvalue weighted by Gasteiger charge is -2.31. The van der Waals surface area contributed by atoms with Crippen molar-refractivity contribution in [3.63, 3.8) is 0 Å². The summed E-state index contributed by atoms with van der Waals surface area (Å²) >= 11 is 0. The number of carbonyl (C=O) groups excluding carboxylic acids is 2. The Morgan fingerprint density at radius 1 is 0.833 bits per heavy atom. The number of hydrogen-bond acceptors (Lipinski definition) is 4. The van der Waals surface area contributed by atoms with Gasteiger partial charge in [0.1, 0.15) is 0 Å². The lowest BCUT2D eigenvalue weighted by Crippen LogP contribution is -2.41. The summed E-state index contributed by atoms with van der Waals surface area (Å²) < 4.78 is 11.6. The molecule has 0 heterocycles. The van der Waals surface area contributed by atoms with Crippen LogP contribution in [0.5, 0.6) is 0 Å². The molecule has 0 aliphatic heterocycles. The monoisotopic (exact) mass is 440 g/mol. The molecule has 5 heteroatoms. The molecule has 0 saturated heterocycles. The third-order valence-corrected chi connectivity index (χ3v) is 10.3. The Balaban J connectivity index is 4.86. The molecule has 0 aliphatic rings. The van der Waals surface area contributed by atoms with Crippen LogP contribution in [0.15, 0.2) is 12.2 Å². The fourth-order valence-electron chi connectivity index (χ4n) is 3.70. The molecule has 30 heavy (non-hydrogen) atoms. The van der Waals surface area contributed by atoms with E-state index in [4.69, 9.17) is 9.16 Å². The maximum Gasteiger partial charge on any atom is 0.320 e. The van der Waals surface area contributed by atoms with Crippen molar-refractivity contribution >= 4 is 20.3 Å². The van der Waals surface area contributed by atoms with Crippen molar-refractivity contribution < 1.29 is 18.8 Å². The van der Waals surface area contributed by atoms with Gasteiger partial charge in [0.25, 0.3) is 8.32 Å². The molecule has 0 rings (SSSR count). The van der Waals surface area contributed by atoms with Crippen molar-refractivity contribution in [2.75, 3.05) is 6.61 Å². The lowest BCUT2D eigenvalue weighted by molar-refractivity contribution is -0.145. The number of hydrogen-bond donors (Lipinski definition) is 0. The van der Waals surface area contributed by atoms with Gasteiger partial charge in [-0.3, -0.25) is 4.79 Å². The zero-order valence-electron chi connectivity index (χ0n) is 20.5. The van der Waals surface area contributed by atoms with Crippen molar-refractivity contribution in [1.82, 2.24) is 0 Å². The van der Waals surface area contributed by atoms with Gasteiger partial charge in [0.2, 0.25) is 0 Å².